The number of carboxylic acids is 1. The maximum absolute atomic E-state index is 13.8. The number of aromatic carboxylic acids is 1. The largest absolute Gasteiger partial charge is 0.493 e. The molecule has 3 aromatic heterocycles. The van der Waals surface area contributed by atoms with E-state index in [9.17, 15) is 24.3 Å². The van der Waals surface area contributed by atoms with Crippen molar-refractivity contribution in [3.05, 3.63) is 125 Å². The van der Waals surface area contributed by atoms with Crippen LogP contribution in [0.2, 0.25) is 0 Å². The van der Waals surface area contributed by atoms with Gasteiger partial charge in [-0.1, -0.05) is 59.9 Å². The molecule has 0 radical (unpaired) electrons. The highest BCUT2D eigenvalue weighted by Gasteiger charge is 2.34. The van der Waals surface area contributed by atoms with Crippen LogP contribution < -0.4 is 25.2 Å². The second-order valence-corrected chi connectivity index (χ2v) is 21.2. The predicted molar refractivity (Wildman–Crippen MR) is 285 cm³/mol. The van der Waals surface area contributed by atoms with Crippen LogP contribution in [-0.4, -0.2) is 99.3 Å². The predicted octanol–water partition coefficient (Wildman–Crippen LogP) is 9.37. The number of nitrogens with zero attached hydrogens (tertiary/aromatic N) is 7. The van der Waals surface area contributed by atoms with Crippen molar-refractivity contribution in [1.29, 1.82) is 0 Å². The monoisotopic (exact) mass is 999 g/mol. The summed E-state index contributed by atoms with van der Waals surface area (Å²) in [5.41, 5.74) is 9.26. The van der Waals surface area contributed by atoms with Gasteiger partial charge in [-0.25, -0.2) is 14.8 Å². The molecule has 0 spiro atoms. The van der Waals surface area contributed by atoms with Crippen molar-refractivity contribution in [2.75, 3.05) is 61.0 Å². The Balaban J connectivity index is 0.679. The van der Waals surface area contributed by atoms with E-state index in [4.69, 9.17) is 9.84 Å². The van der Waals surface area contributed by atoms with Gasteiger partial charge in [0.05, 0.1) is 39.6 Å². The molecule has 4 aromatic carbocycles. The molecular weight excluding hydrogens is 939 g/mol. The van der Waals surface area contributed by atoms with Crippen LogP contribution in [0.3, 0.4) is 0 Å². The van der Waals surface area contributed by atoms with Crippen LogP contribution in [0, 0.1) is 18.8 Å². The summed E-state index contributed by atoms with van der Waals surface area (Å²) in [6, 6.07) is 27.7. The lowest BCUT2D eigenvalue weighted by molar-refractivity contribution is -0.134. The van der Waals surface area contributed by atoms with Crippen LogP contribution in [0.1, 0.15) is 101 Å². The van der Waals surface area contributed by atoms with E-state index in [-0.39, 0.29) is 23.4 Å². The van der Waals surface area contributed by atoms with Crippen molar-refractivity contribution in [3.63, 3.8) is 0 Å². The summed E-state index contributed by atoms with van der Waals surface area (Å²) in [5, 5.41) is 22.4. The van der Waals surface area contributed by atoms with Gasteiger partial charge in [-0.2, -0.15) is 5.10 Å². The van der Waals surface area contributed by atoms with Crippen molar-refractivity contribution in [2.45, 2.75) is 77.2 Å². The maximum Gasteiger partial charge on any atom is 0.355 e. The number of hydrogen-bond donors (Lipinski definition) is 3. The summed E-state index contributed by atoms with van der Waals surface area (Å²) in [5.74, 6) is -0.175. The number of carbonyl (C=O) groups is 4. The summed E-state index contributed by atoms with van der Waals surface area (Å²) in [7, 11) is 1.95. The van der Waals surface area contributed by atoms with Crippen LogP contribution in [-0.2, 0) is 29.6 Å². The Hall–Kier alpha value is -7.17. The standard InChI is InChI=1S/C57H61N9O6S/c1-35-39(50-45(20-26-58-52(50)56(70)71)66-31-25-38-10-5-12-40(43(38)34-66)54(68)61-57-59-44-14-3-4-17-48(44)73-57)11-7-16-47(35)72-32-8-9-36-21-27-64(28-22-36)33-37-23-29-65(30-24-37)46-15-6-13-41-51(62-63(2)53(41)46)42-18-19-49(67)60-55(42)69/h3-7,10-17,20,26,36-37,42H,8-9,18-19,21-25,27-34H2,1-2H3,(H,70,71)(H,59,61,68)(H,60,67,69). The minimum absolute atomic E-state index is 0.0238. The molecule has 16 heteroatoms. The van der Waals surface area contributed by atoms with Crippen LogP contribution in [0.25, 0.3) is 32.2 Å². The molecule has 0 saturated carbocycles. The van der Waals surface area contributed by atoms with Gasteiger partial charge < -0.3 is 24.5 Å². The summed E-state index contributed by atoms with van der Waals surface area (Å²) >= 11 is 1.44. The van der Waals surface area contributed by atoms with Gasteiger partial charge >= 0.3 is 5.97 Å². The molecule has 3 saturated heterocycles. The number of hydrogen-bond acceptors (Lipinski definition) is 12. The number of benzene rings is 4. The Morgan fingerprint density at radius 1 is 0.849 bits per heavy atom. The number of carbonyl (C=O) groups excluding carboxylic acids is 3. The lowest BCUT2D eigenvalue weighted by atomic mass is 9.90. The molecule has 3 N–H and O–H groups in total. The summed E-state index contributed by atoms with van der Waals surface area (Å²) in [4.78, 5) is 67.6. The zero-order chi connectivity index (χ0) is 50.2. The third kappa shape index (κ3) is 9.89. The molecule has 11 rings (SSSR count). The Bertz CT molecular complexity index is 3210. The zero-order valence-corrected chi connectivity index (χ0v) is 42.3. The number of aryl methyl sites for hydroxylation is 1. The molecule has 7 aromatic rings. The van der Waals surface area contributed by atoms with E-state index in [1.165, 1.54) is 24.2 Å². The highest BCUT2D eigenvalue weighted by molar-refractivity contribution is 7.22. The Kier molecular flexibility index (Phi) is 13.7. The molecule has 1 unspecified atom stereocenters. The first-order valence-corrected chi connectivity index (χ1v) is 26.6. The number of piperidine rings is 3. The Labute approximate surface area is 428 Å². The van der Waals surface area contributed by atoms with Crippen molar-refractivity contribution in [3.8, 4) is 16.9 Å². The maximum atomic E-state index is 13.8. The number of anilines is 3. The molecule has 3 amide bonds. The number of rotatable bonds is 14. The van der Waals surface area contributed by atoms with Crippen molar-refractivity contribution < 1.29 is 29.0 Å². The second-order valence-electron chi connectivity index (χ2n) is 20.2. The number of pyridine rings is 1. The van der Waals surface area contributed by atoms with Crippen LogP contribution in [0.4, 0.5) is 16.5 Å². The number of thiazole rings is 1. The molecule has 4 aliphatic heterocycles. The lowest BCUT2D eigenvalue weighted by Crippen LogP contribution is -2.41. The van der Waals surface area contributed by atoms with Gasteiger partial charge in [0, 0.05) is 74.6 Å². The average Bonchev–Trinajstić information content (AvgIpc) is 3.98. The minimum Gasteiger partial charge on any atom is -0.493 e. The number of ether oxygens (including phenoxy) is 1. The fourth-order valence-electron chi connectivity index (χ4n) is 11.8. The number of fused-ring (bicyclic) bond motifs is 3. The summed E-state index contributed by atoms with van der Waals surface area (Å²) in [6.07, 6.45) is 9.73. The van der Waals surface area contributed by atoms with Gasteiger partial charge in [-0.3, -0.25) is 29.7 Å². The van der Waals surface area contributed by atoms with Gasteiger partial charge in [-0.05, 0) is 142 Å². The molecule has 1 atom stereocenters. The number of amides is 3. The Morgan fingerprint density at radius 2 is 1.64 bits per heavy atom. The van der Waals surface area contributed by atoms with E-state index in [2.05, 4.69) is 59.6 Å². The quantitative estimate of drug-likeness (QED) is 0.0697. The second kappa shape index (κ2) is 20.7. The van der Waals surface area contributed by atoms with Crippen molar-refractivity contribution in [1.82, 2.24) is 30.0 Å². The smallest absolute Gasteiger partial charge is 0.355 e. The molecule has 3 fully saturated rings. The number of nitrogens with one attached hydrogen (secondary N) is 2. The van der Waals surface area contributed by atoms with Crippen molar-refractivity contribution >= 4 is 72.7 Å². The average molecular weight is 1000 g/mol. The number of likely N-dealkylation sites (tertiary alicyclic amines) is 1. The van der Waals surface area contributed by atoms with E-state index in [0.29, 0.717) is 67.1 Å². The summed E-state index contributed by atoms with van der Waals surface area (Å²) < 4.78 is 9.39. The molecule has 4 aliphatic rings. The minimum atomic E-state index is -1.10. The first-order chi connectivity index (χ1) is 35.6. The first-order valence-electron chi connectivity index (χ1n) is 25.8. The zero-order valence-electron chi connectivity index (χ0n) is 41.4. The highest BCUT2D eigenvalue weighted by atomic mass is 32.1. The third-order valence-electron chi connectivity index (χ3n) is 15.7. The fraction of sp³-hybridized carbons (Fsp3) is 0.386. The van der Waals surface area contributed by atoms with Gasteiger partial charge in [0.15, 0.2) is 10.8 Å². The van der Waals surface area contributed by atoms with E-state index in [1.54, 1.807) is 6.20 Å². The van der Waals surface area contributed by atoms with Crippen LogP contribution in [0.15, 0.2) is 91.1 Å². The molecule has 0 aliphatic carbocycles. The SMILES string of the molecule is Cc1c(OCCCC2CCN(CC3CCN(c4cccc5c(C6CCC(=O)NC6=O)nn(C)c45)CC3)CC2)cccc1-c1c(N2CCc3cccc(C(=O)Nc4nc5ccccc5s4)c3C2)ccnc1C(=O)O. The summed E-state index contributed by atoms with van der Waals surface area (Å²) in [6.45, 7) is 8.95. The molecule has 0 bridgehead atoms. The third-order valence-corrected chi connectivity index (χ3v) is 16.6. The van der Waals surface area contributed by atoms with Gasteiger partial charge in [0.25, 0.3) is 5.91 Å². The topological polar surface area (TPSA) is 175 Å². The number of para-hydroxylation sites is 2. The van der Waals surface area contributed by atoms with Gasteiger partial charge in [0.1, 0.15) is 5.75 Å². The van der Waals surface area contributed by atoms with E-state index in [1.807, 2.05) is 79.3 Å². The Morgan fingerprint density at radius 3 is 2.45 bits per heavy atom. The molecular formula is C57H61N9O6S. The number of carboxylic acid groups (broad SMARTS) is 1. The van der Waals surface area contributed by atoms with Crippen LogP contribution >= 0.6 is 11.3 Å². The molecule has 7 heterocycles. The van der Waals surface area contributed by atoms with Gasteiger partial charge in [-0.15, -0.1) is 0 Å². The lowest BCUT2D eigenvalue weighted by Gasteiger charge is -2.38. The van der Waals surface area contributed by atoms with Gasteiger partial charge in [0.2, 0.25) is 11.8 Å². The number of aromatic nitrogens is 4. The molecule has 15 nitrogen and oxygen atoms in total. The molecule has 73 heavy (non-hydrogen) atoms. The highest BCUT2D eigenvalue weighted by Crippen LogP contribution is 2.41. The molecule has 376 valence electrons. The van der Waals surface area contributed by atoms with E-state index in [0.717, 1.165) is 125 Å². The normalized spacial score (nSPS) is 18.0. The van der Waals surface area contributed by atoms with E-state index >= 15 is 0 Å². The first kappa shape index (κ1) is 48.1. The number of imide groups is 1. The fourth-order valence-corrected chi connectivity index (χ4v) is 12.7. The van der Waals surface area contributed by atoms with Crippen LogP contribution in [0.5, 0.6) is 5.75 Å². The van der Waals surface area contributed by atoms with Crippen molar-refractivity contribution in [2.24, 2.45) is 18.9 Å². The van der Waals surface area contributed by atoms with E-state index < -0.39 is 11.9 Å².